The third kappa shape index (κ3) is 2.92. The molecule has 1 aliphatic heterocycles. The van der Waals surface area contributed by atoms with Crippen molar-refractivity contribution in [3.8, 4) is 6.07 Å². The van der Waals surface area contributed by atoms with Gasteiger partial charge in [-0.05, 0) is 6.92 Å². The molecule has 0 bridgehead atoms. The molecule has 1 N–H and O–H groups in total. The van der Waals surface area contributed by atoms with Gasteiger partial charge in [0.15, 0.2) is 0 Å². The quantitative estimate of drug-likeness (QED) is 0.716. The molecule has 1 unspecified atom stereocenters. The Hall–Kier alpha value is -0.680. The topological polar surface area (TPSA) is 76.4 Å². The highest BCUT2D eigenvalue weighted by Crippen LogP contribution is 2.12. The highest BCUT2D eigenvalue weighted by Gasteiger charge is 2.30. The number of piperazine rings is 1. The van der Waals surface area contributed by atoms with Crippen LogP contribution in [0.2, 0.25) is 0 Å². The maximum Gasteiger partial charge on any atom is 0.282 e. The van der Waals surface area contributed by atoms with Crippen molar-refractivity contribution in [1.29, 1.82) is 5.26 Å². The largest absolute Gasteiger partial charge is 0.314 e. The van der Waals surface area contributed by atoms with Crippen LogP contribution < -0.4 is 5.32 Å². The molecule has 1 rings (SSSR count). The SMILES string of the molecule is CC(CC#N)N(C)S(=O)(=O)N1CCNCC1. The Kier molecular flexibility index (Phi) is 4.68. The summed E-state index contributed by atoms with van der Waals surface area (Å²) in [6.07, 6.45) is 0.210. The monoisotopic (exact) mass is 246 g/mol. The lowest BCUT2D eigenvalue weighted by atomic mass is 10.3. The number of nitrogens with zero attached hydrogens (tertiary/aromatic N) is 3. The highest BCUT2D eigenvalue weighted by atomic mass is 32.2. The van der Waals surface area contributed by atoms with Gasteiger partial charge in [0.2, 0.25) is 0 Å². The number of hydrogen-bond acceptors (Lipinski definition) is 4. The van der Waals surface area contributed by atoms with Crippen molar-refractivity contribution in [1.82, 2.24) is 13.9 Å². The lowest BCUT2D eigenvalue weighted by Crippen LogP contribution is -2.52. The average Bonchev–Trinajstić information content (AvgIpc) is 2.29. The molecule has 0 amide bonds. The van der Waals surface area contributed by atoms with Gasteiger partial charge in [0.25, 0.3) is 10.2 Å². The van der Waals surface area contributed by atoms with E-state index in [1.54, 1.807) is 6.92 Å². The van der Waals surface area contributed by atoms with Crippen LogP contribution in [0.25, 0.3) is 0 Å². The van der Waals surface area contributed by atoms with Gasteiger partial charge in [-0.15, -0.1) is 0 Å². The smallest absolute Gasteiger partial charge is 0.282 e. The number of nitriles is 1. The Morgan fingerprint density at radius 2 is 2.06 bits per heavy atom. The third-order valence-electron chi connectivity index (χ3n) is 2.77. The zero-order valence-corrected chi connectivity index (χ0v) is 10.5. The summed E-state index contributed by atoms with van der Waals surface area (Å²) in [6, 6.07) is 1.70. The summed E-state index contributed by atoms with van der Waals surface area (Å²) in [7, 11) is -1.88. The zero-order valence-electron chi connectivity index (χ0n) is 9.68. The summed E-state index contributed by atoms with van der Waals surface area (Å²) in [5, 5.41) is 11.7. The second-order valence-electron chi connectivity index (χ2n) is 3.88. The van der Waals surface area contributed by atoms with Crippen LogP contribution in [0.4, 0.5) is 0 Å². The standard InChI is InChI=1S/C9H18N4O2S/c1-9(3-4-10)12(2)16(14,15)13-7-5-11-6-8-13/h9,11H,3,5-8H2,1-2H3. The molecule has 0 aromatic carbocycles. The van der Waals surface area contributed by atoms with Gasteiger partial charge in [-0.3, -0.25) is 0 Å². The molecule has 1 heterocycles. The van der Waals surface area contributed by atoms with E-state index in [9.17, 15) is 8.42 Å². The van der Waals surface area contributed by atoms with Crippen LogP contribution in [0, 0.1) is 11.3 Å². The third-order valence-corrected chi connectivity index (χ3v) is 4.88. The first-order valence-corrected chi connectivity index (χ1v) is 6.70. The lowest BCUT2D eigenvalue weighted by molar-refractivity contribution is 0.305. The summed E-state index contributed by atoms with van der Waals surface area (Å²) in [4.78, 5) is 0. The summed E-state index contributed by atoms with van der Waals surface area (Å²) in [5.41, 5.74) is 0. The van der Waals surface area contributed by atoms with Crippen molar-refractivity contribution in [2.24, 2.45) is 0 Å². The molecule has 1 saturated heterocycles. The van der Waals surface area contributed by atoms with E-state index in [1.807, 2.05) is 6.07 Å². The van der Waals surface area contributed by atoms with Crippen LogP contribution in [0.15, 0.2) is 0 Å². The second kappa shape index (κ2) is 5.59. The number of rotatable bonds is 4. The number of hydrogen-bond donors (Lipinski definition) is 1. The van der Waals surface area contributed by atoms with E-state index in [1.165, 1.54) is 15.7 Å². The second-order valence-corrected chi connectivity index (χ2v) is 5.87. The van der Waals surface area contributed by atoms with E-state index < -0.39 is 10.2 Å². The minimum absolute atomic E-state index is 0.210. The Balaban J connectivity index is 2.72. The zero-order chi connectivity index (χ0) is 12.2. The summed E-state index contributed by atoms with van der Waals surface area (Å²) < 4.78 is 27.0. The van der Waals surface area contributed by atoms with E-state index >= 15 is 0 Å². The van der Waals surface area contributed by atoms with Crippen LogP contribution in [-0.4, -0.2) is 56.3 Å². The van der Waals surface area contributed by atoms with Gasteiger partial charge in [-0.2, -0.15) is 22.3 Å². The highest BCUT2D eigenvalue weighted by molar-refractivity contribution is 7.86. The first-order valence-electron chi connectivity index (χ1n) is 5.31. The average molecular weight is 246 g/mol. The van der Waals surface area contributed by atoms with Gasteiger partial charge in [0.05, 0.1) is 12.5 Å². The molecule has 92 valence electrons. The molecule has 6 nitrogen and oxygen atoms in total. The molecular weight excluding hydrogens is 228 g/mol. The van der Waals surface area contributed by atoms with E-state index in [0.29, 0.717) is 26.2 Å². The van der Waals surface area contributed by atoms with Crippen molar-refractivity contribution in [2.75, 3.05) is 33.2 Å². The van der Waals surface area contributed by atoms with Gasteiger partial charge in [0, 0.05) is 39.3 Å². The fourth-order valence-corrected chi connectivity index (χ4v) is 3.08. The predicted octanol–water partition coefficient (Wildman–Crippen LogP) is -0.630. The van der Waals surface area contributed by atoms with E-state index in [-0.39, 0.29) is 12.5 Å². The van der Waals surface area contributed by atoms with Crippen LogP contribution in [0.5, 0.6) is 0 Å². The van der Waals surface area contributed by atoms with E-state index in [2.05, 4.69) is 5.32 Å². The van der Waals surface area contributed by atoms with E-state index in [0.717, 1.165) is 0 Å². The fourth-order valence-electron chi connectivity index (χ4n) is 1.55. The van der Waals surface area contributed by atoms with Crippen LogP contribution in [0.3, 0.4) is 0 Å². The molecule has 1 fully saturated rings. The Bertz CT molecular complexity index is 356. The molecule has 0 aromatic heterocycles. The van der Waals surface area contributed by atoms with Gasteiger partial charge in [0.1, 0.15) is 0 Å². The van der Waals surface area contributed by atoms with E-state index in [4.69, 9.17) is 5.26 Å². The maximum absolute atomic E-state index is 12.1. The normalized spacial score (nSPS) is 20.6. The first-order chi connectivity index (χ1) is 7.50. The molecule has 7 heteroatoms. The Morgan fingerprint density at radius 1 is 1.50 bits per heavy atom. The van der Waals surface area contributed by atoms with Gasteiger partial charge in [-0.1, -0.05) is 0 Å². The van der Waals surface area contributed by atoms with Crippen molar-refractivity contribution in [3.63, 3.8) is 0 Å². The van der Waals surface area contributed by atoms with Gasteiger partial charge in [-0.25, -0.2) is 0 Å². The molecular formula is C9H18N4O2S. The van der Waals surface area contributed by atoms with Gasteiger partial charge < -0.3 is 5.32 Å². The van der Waals surface area contributed by atoms with Crippen molar-refractivity contribution < 1.29 is 8.42 Å². The summed E-state index contributed by atoms with van der Waals surface area (Å²) >= 11 is 0. The predicted molar refractivity (Wildman–Crippen MR) is 60.8 cm³/mol. The molecule has 0 radical (unpaired) electrons. The molecule has 1 aliphatic rings. The summed E-state index contributed by atoms with van der Waals surface area (Å²) in [6.45, 7) is 4.08. The minimum Gasteiger partial charge on any atom is -0.314 e. The Morgan fingerprint density at radius 3 is 2.56 bits per heavy atom. The fraction of sp³-hybridized carbons (Fsp3) is 0.889. The van der Waals surface area contributed by atoms with Gasteiger partial charge >= 0.3 is 0 Å². The van der Waals surface area contributed by atoms with Crippen molar-refractivity contribution in [3.05, 3.63) is 0 Å². The lowest BCUT2D eigenvalue weighted by Gasteiger charge is -2.32. The number of nitrogens with one attached hydrogen (secondary N) is 1. The summed E-state index contributed by atoms with van der Waals surface area (Å²) in [5.74, 6) is 0. The minimum atomic E-state index is -3.41. The Labute approximate surface area is 97.0 Å². The molecule has 0 spiro atoms. The molecule has 0 aliphatic carbocycles. The molecule has 0 aromatic rings. The molecule has 16 heavy (non-hydrogen) atoms. The van der Waals surface area contributed by atoms with Crippen LogP contribution in [-0.2, 0) is 10.2 Å². The first kappa shape index (κ1) is 13.4. The molecule has 0 saturated carbocycles. The molecule has 1 atom stereocenters. The van der Waals surface area contributed by atoms with Crippen LogP contribution >= 0.6 is 0 Å². The maximum atomic E-state index is 12.1. The van der Waals surface area contributed by atoms with Crippen LogP contribution in [0.1, 0.15) is 13.3 Å². The van der Waals surface area contributed by atoms with Crippen molar-refractivity contribution in [2.45, 2.75) is 19.4 Å². The van der Waals surface area contributed by atoms with Crippen molar-refractivity contribution >= 4 is 10.2 Å².